The highest BCUT2D eigenvalue weighted by Crippen LogP contribution is 2.33. The Hall–Kier alpha value is -2.79. The monoisotopic (exact) mass is 553 g/mol. The van der Waals surface area contributed by atoms with Crippen molar-refractivity contribution in [1.82, 2.24) is 14.7 Å². The highest BCUT2D eigenvalue weighted by Gasteiger charge is 2.26. The van der Waals surface area contributed by atoms with Crippen molar-refractivity contribution in [1.29, 1.82) is 0 Å². The van der Waals surface area contributed by atoms with E-state index in [1.54, 1.807) is 18.2 Å². The topological polar surface area (TPSA) is 66.6 Å². The molecule has 2 aromatic heterocycles. The van der Waals surface area contributed by atoms with Gasteiger partial charge in [-0.25, -0.2) is 9.37 Å². The van der Waals surface area contributed by atoms with Gasteiger partial charge in [0.15, 0.2) is 0 Å². The van der Waals surface area contributed by atoms with Gasteiger partial charge in [0, 0.05) is 41.2 Å². The fourth-order valence-corrected chi connectivity index (χ4v) is 4.80. The van der Waals surface area contributed by atoms with Crippen LogP contribution in [0.2, 0.25) is 5.02 Å². The van der Waals surface area contributed by atoms with Crippen molar-refractivity contribution in [2.24, 2.45) is 5.92 Å². The molecule has 0 fully saturated rings. The van der Waals surface area contributed by atoms with Gasteiger partial charge in [0.1, 0.15) is 11.1 Å². The third kappa shape index (κ3) is 6.79. The van der Waals surface area contributed by atoms with Crippen molar-refractivity contribution in [3.05, 3.63) is 94.3 Å². The second-order valence-electron chi connectivity index (χ2n) is 10.2. The number of aryl methyl sites for hydroxylation is 1. The number of nitrogens with one attached hydrogen (secondary N) is 1. The van der Waals surface area contributed by atoms with Crippen LogP contribution in [0.5, 0.6) is 0 Å². The highest BCUT2D eigenvalue weighted by molar-refractivity contribution is 7.18. The number of hydrogen-bond donors (Lipinski definition) is 2. The van der Waals surface area contributed by atoms with Crippen LogP contribution in [0, 0.1) is 12.8 Å². The maximum atomic E-state index is 14.2. The normalized spacial score (nSPS) is 14.7. The minimum Gasteiger partial charge on any atom is -0.396 e. The molecule has 4 aromatic rings. The maximum Gasteiger partial charge on any atom is 0.251 e. The number of aliphatic hydroxyl groups excluding tert-OH is 1. The number of amides is 1. The molecule has 0 radical (unpaired) electrons. The van der Waals surface area contributed by atoms with E-state index in [4.69, 9.17) is 16.6 Å². The first-order chi connectivity index (χ1) is 18.0. The van der Waals surface area contributed by atoms with Crippen LogP contribution in [-0.4, -0.2) is 38.5 Å². The summed E-state index contributed by atoms with van der Waals surface area (Å²) in [5.74, 6) is -0.509. The molecule has 5 nitrogen and oxygen atoms in total. The quantitative estimate of drug-likeness (QED) is 0.223. The van der Waals surface area contributed by atoms with Crippen molar-refractivity contribution < 1.29 is 14.3 Å². The summed E-state index contributed by atoms with van der Waals surface area (Å²) in [5, 5.41) is 11.7. The van der Waals surface area contributed by atoms with Gasteiger partial charge in [0.2, 0.25) is 0 Å². The molecule has 2 heterocycles. The van der Waals surface area contributed by atoms with Gasteiger partial charge in [-0.3, -0.25) is 4.79 Å². The van der Waals surface area contributed by atoms with E-state index in [9.17, 15) is 14.3 Å². The van der Waals surface area contributed by atoms with Crippen LogP contribution in [0.25, 0.3) is 16.9 Å². The molecule has 2 aromatic carbocycles. The molecule has 3 unspecified atom stereocenters. The van der Waals surface area contributed by atoms with E-state index >= 15 is 0 Å². The Morgan fingerprint density at radius 2 is 1.95 bits per heavy atom. The Morgan fingerprint density at radius 3 is 2.58 bits per heavy atom. The van der Waals surface area contributed by atoms with Crippen molar-refractivity contribution in [2.75, 3.05) is 6.61 Å². The second kappa shape index (κ2) is 11.9. The van der Waals surface area contributed by atoms with E-state index in [0.29, 0.717) is 29.8 Å². The number of alkyl halides is 1. The third-order valence-electron chi connectivity index (χ3n) is 7.03. The summed E-state index contributed by atoms with van der Waals surface area (Å²) in [6.45, 7) is 5.35. The zero-order valence-corrected chi connectivity index (χ0v) is 23.8. The van der Waals surface area contributed by atoms with Gasteiger partial charge >= 0.3 is 0 Å². The SMILES string of the molecule is Cc1cccn2cc(-c3ccc(C[C@@H](CCO)NC(=O)c4ccc(CC(C)C(C)(F)P)c(Cl)c4)cc3)nc12. The van der Waals surface area contributed by atoms with E-state index in [0.717, 1.165) is 33.6 Å². The number of halogens is 2. The molecule has 0 aliphatic rings. The Labute approximate surface area is 230 Å². The molecular weight excluding hydrogens is 520 g/mol. The van der Waals surface area contributed by atoms with Gasteiger partial charge in [-0.05, 0) is 73.9 Å². The predicted molar refractivity (Wildman–Crippen MR) is 156 cm³/mol. The van der Waals surface area contributed by atoms with Crippen molar-refractivity contribution in [3.63, 3.8) is 0 Å². The zero-order chi connectivity index (χ0) is 27.4. The number of rotatable bonds is 10. The average molecular weight is 554 g/mol. The number of carbonyl (C=O) groups is 1. The van der Waals surface area contributed by atoms with Gasteiger partial charge < -0.3 is 14.8 Å². The van der Waals surface area contributed by atoms with Crippen molar-refractivity contribution in [3.8, 4) is 11.3 Å². The lowest BCUT2D eigenvalue weighted by Crippen LogP contribution is -2.37. The van der Waals surface area contributed by atoms with E-state index < -0.39 is 5.41 Å². The lowest BCUT2D eigenvalue weighted by molar-refractivity contribution is 0.0930. The fourth-order valence-electron chi connectivity index (χ4n) is 4.42. The van der Waals surface area contributed by atoms with Gasteiger partial charge in [-0.1, -0.05) is 64.2 Å². The van der Waals surface area contributed by atoms with Gasteiger partial charge in [0.05, 0.1) is 5.69 Å². The fraction of sp³-hybridized carbons (Fsp3) is 0.333. The van der Waals surface area contributed by atoms with E-state index in [1.807, 2.05) is 67.0 Å². The number of aromatic nitrogens is 2. The summed E-state index contributed by atoms with van der Waals surface area (Å²) in [4.78, 5) is 17.8. The molecule has 0 aliphatic heterocycles. The maximum absolute atomic E-state index is 14.2. The van der Waals surface area contributed by atoms with Crippen LogP contribution in [0.3, 0.4) is 0 Å². The highest BCUT2D eigenvalue weighted by atomic mass is 35.5. The first-order valence-electron chi connectivity index (χ1n) is 12.8. The number of imidazole rings is 1. The Bertz CT molecular complexity index is 1420. The first kappa shape index (κ1) is 28.2. The molecule has 0 bridgehead atoms. The molecular formula is C30H34ClFN3O2P. The Balaban J connectivity index is 1.42. The van der Waals surface area contributed by atoms with Crippen molar-refractivity contribution in [2.45, 2.75) is 51.5 Å². The van der Waals surface area contributed by atoms with Gasteiger partial charge in [-0.2, -0.15) is 0 Å². The molecule has 200 valence electrons. The lowest BCUT2D eigenvalue weighted by atomic mass is 9.96. The number of benzene rings is 2. The molecule has 2 N–H and O–H groups in total. The molecule has 0 spiro atoms. The Morgan fingerprint density at radius 1 is 1.21 bits per heavy atom. The number of fused-ring (bicyclic) bond motifs is 1. The summed E-state index contributed by atoms with van der Waals surface area (Å²) in [6, 6.07) is 17.0. The minimum atomic E-state index is -1.40. The molecule has 8 heteroatoms. The average Bonchev–Trinajstić information content (AvgIpc) is 3.31. The summed E-state index contributed by atoms with van der Waals surface area (Å²) >= 11 is 6.44. The van der Waals surface area contributed by atoms with Gasteiger partial charge in [0.25, 0.3) is 5.91 Å². The van der Waals surface area contributed by atoms with Crippen LogP contribution in [0.1, 0.15) is 47.3 Å². The second-order valence-corrected chi connectivity index (χ2v) is 11.7. The molecule has 1 amide bonds. The molecule has 0 aliphatic carbocycles. The third-order valence-corrected chi connectivity index (χ3v) is 7.95. The first-order valence-corrected chi connectivity index (χ1v) is 13.7. The Kier molecular flexibility index (Phi) is 8.87. The van der Waals surface area contributed by atoms with Crippen LogP contribution in [-0.2, 0) is 12.8 Å². The summed E-state index contributed by atoms with van der Waals surface area (Å²) < 4.78 is 16.2. The molecule has 0 saturated carbocycles. The van der Waals surface area contributed by atoms with E-state index in [2.05, 4.69) is 14.6 Å². The van der Waals surface area contributed by atoms with Crippen molar-refractivity contribution >= 4 is 32.4 Å². The standard InChI is InChI=1S/C30H34ClFN3O2P/c1-19-5-4-13-35-18-27(34-28(19)35)22-8-6-21(7-9-22)16-25(12-14-36)33-29(37)24-11-10-23(26(31)17-24)15-20(2)30(3,32)38/h4-11,13,17-18,20,25,36H,12,14-16,38H2,1-3H3,(H,33,37)/t20?,25-,30?/m1/s1. The smallest absolute Gasteiger partial charge is 0.251 e. The minimum absolute atomic E-state index is 0.0434. The van der Waals surface area contributed by atoms with Gasteiger partial charge in [-0.15, -0.1) is 0 Å². The number of nitrogens with zero attached hydrogens (tertiary/aromatic N) is 2. The van der Waals surface area contributed by atoms with E-state index in [1.165, 1.54) is 6.92 Å². The number of aliphatic hydroxyl groups is 1. The van der Waals surface area contributed by atoms with Crippen LogP contribution in [0.15, 0.2) is 67.0 Å². The summed E-state index contributed by atoms with van der Waals surface area (Å²) in [7, 11) is 2.23. The predicted octanol–water partition coefficient (Wildman–Crippen LogP) is 6.43. The van der Waals surface area contributed by atoms with Crippen LogP contribution in [0.4, 0.5) is 4.39 Å². The van der Waals surface area contributed by atoms with Crippen LogP contribution >= 0.6 is 20.8 Å². The largest absolute Gasteiger partial charge is 0.396 e. The summed E-state index contributed by atoms with van der Waals surface area (Å²) in [5.41, 5.74) is 6.24. The zero-order valence-electron chi connectivity index (χ0n) is 21.9. The number of carbonyl (C=O) groups excluding carboxylic acids is 1. The van der Waals surface area contributed by atoms with Crippen LogP contribution < -0.4 is 5.32 Å². The molecule has 4 atom stereocenters. The number of pyridine rings is 1. The molecule has 0 saturated heterocycles. The molecule has 4 rings (SSSR count). The lowest BCUT2D eigenvalue weighted by Gasteiger charge is -2.23. The van der Waals surface area contributed by atoms with E-state index in [-0.39, 0.29) is 24.5 Å². The molecule has 38 heavy (non-hydrogen) atoms. The summed E-state index contributed by atoms with van der Waals surface area (Å²) in [6.07, 6.45) is 5.46. The number of hydrogen-bond acceptors (Lipinski definition) is 3.